The highest BCUT2D eigenvalue weighted by molar-refractivity contribution is 7.90. The van der Waals surface area contributed by atoms with Crippen LogP contribution in [0, 0.1) is 0 Å². The monoisotopic (exact) mass is 451 g/mol. The fourth-order valence-corrected chi connectivity index (χ4v) is 5.40. The van der Waals surface area contributed by atoms with Gasteiger partial charge in [0.25, 0.3) is 26.0 Å². The number of benzene rings is 2. The fraction of sp³-hybridized carbons (Fsp3) is 0.167. The van der Waals surface area contributed by atoms with E-state index in [1.54, 1.807) is 6.07 Å². The number of nitrogens with one attached hydrogen (secondary N) is 2. The van der Waals surface area contributed by atoms with Gasteiger partial charge in [0.05, 0.1) is 10.5 Å². The lowest BCUT2D eigenvalue weighted by Gasteiger charge is -2.14. The van der Waals surface area contributed by atoms with Gasteiger partial charge in [0.2, 0.25) is 11.8 Å². The number of hydrogen-bond donors (Lipinski definition) is 2. The predicted octanol–water partition coefficient (Wildman–Crippen LogP) is 0.685. The van der Waals surface area contributed by atoms with Crippen molar-refractivity contribution in [1.82, 2.24) is 9.03 Å². The molecule has 2 aromatic carbocycles. The quantitative estimate of drug-likeness (QED) is 0.656. The number of carbonyl (C=O) groups excluding carboxylic acids is 3. The van der Waals surface area contributed by atoms with Crippen LogP contribution >= 0.6 is 0 Å². The van der Waals surface area contributed by atoms with Gasteiger partial charge in [-0.2, -0.15) is 0 Å². The first-order chi connectivity index (χ1) is 14.0. The number of nitrogens with zero attached hydrogens (tertiary/aromatic N) is 1. The molecule has 2 aromatic rings. The molecule has 0 saturated carbocycles. The zero-order valence-corrected chi connectivity index (χ0v) is 17.3. The minimum absolute atomic E-state index is 0.0638. The molecule has 3 amide bonds. The molecular weight excluding hydrogens is 434 g/mol. The van der Waals surface area contributed by atoms with Gasteiger partial charge in [0.1, 0.15) is 4.90 Å². The van der Waals surface area contributed by atoms with Crippen LogP contribution in [0.2, 0.25) is 0 Å². The van der Waals surface area contributed by atoms with Crippen LogP contribution in [0.1, 0.15) is 23.7 Å². The Morgan fingerprint density at radius 1 is 1.03 bits per heavy atom. The SMILES string of the molecule is CC(=O)NS(=O)(=O)c1ccc(NC(=O)CCN2C(=O)c3ccccc3S2(=O)=O)cc1. The second-order valence-corrected chi connectivity index (χ2v) is 9.88. The molecule has 1 heterocycles. The Morgan fingerprint density at radius 3 is 2.27 bits per heavy atom. The van der Waals surface area contributed by atoms with Crippen molar-refractivity contribution in [2.24, 2.45) is 0 Å². The highest BCUT2D eigenvalue weighted by Crippen LogP contribution is 2.29. The first-order valence-electron chi connectivity index (χ1n) is 8.62. The van der Waals surface area contributed by atoms with Crippen molar-refractivity contribution in [1.29, 1.82) is 0 Å². The van der Waals surface area contributed by atoms with Gasteiger partial charge in [-0.15, -0.1) is 0 Å². The van der Waals surface area contributed by atoms with Crippen molar-refractivity contribution in [2.75, 3.05) is 11.9 Å². The number of carbonyl (C=O) groups is 3. The summed E-state index contributed by atoms with van der Waals surface area (Å²) in [5.41, 5.74) is 0.328. The zero-order valence-electron chi connectivity index (χ0n) is 15.7. The second kappa shape index (κ2) is 7.88. The van der Waals surface area contributed by atoms with Gasteiger partial charge < -0.3 is 5.32 Å². The fourth-order valence-electron chi connectivity index (χ4n) is 2.84. The standard InChI is InChI=1S/C18H17N3O7S2/c1-12(22)20-29(25,26)14-8-6-13(7-9-14)19-17(23)10-11-21-18(24)15-4-2-3-5-16(15)30(21,27)28/h2-9H,10-11H2,1H3,(H,19,23)(H,20,22). The van der Waals surface area contributed by atoms with E-state index in [9.17, 15) is 31.2 Å². The molecule has 0 aliphatic carbocycles. The highest BCUT2D eigenvalue weighted by Gasteiger charge is 2.40. The Morgan fingerprint density at radius 2 is 1.67 bits per heavy atom. The maximum Gasteiger partial charge on any atom is 0.269 e. The molecule has 0 spiro atoms. The van der Waals surface area contributed by atoms with Crippen molar-refractivity contribution < 1.29 is 31.2 Å². The Labute approximate surface area is 173 Å². The van der Waals surface area contributed by atoms with Gasteiger partial charge in [0, 0.05) is 25.6 Å². The maximum absolute atomic E-state index is 12.5. The topological polar surface area (TPSA) is 147 Å². The van der Waals surface area contributed by atoms with E-state index < -0.39 is 37.8 Å². The Kier molecular flexibility index (Phi) is 5.63. The molecule has 1 aliphatic rings. The van der Waals surface area contributed by atoms with E-state index in [-0.39, 0.29) is 34.0 Å². The average Bonchev–Trinajstić information content (AvgIpc) is 2.86. The van der Waals surface area contributed by atoms with Crippen LogP contribution in [0.3, 0.4) is 0 Å². The molecule has 2 N–H and O–H groups in total. The molecule has 0 bridgehead atoms. The average molecular weight is 451 g/mol. The van der Waals surface area contributed by atoms with Crippen molar-refractivity contribution in [3.63, 3.8) is 0 Å². The predicted molar refractivity (Wildman–Crippen MR) is 105 cm³/mol. The number of anilines is 1. The van der Waals surface area contributed by atoms with E-state index in [4.69, 9.17) is 0 Å². The summed E-state index contributed by atoms with van der Waals surface area (Å²) in [5.74, 6) is -1.99. The van der Waals surface area contributed by atoms with Gasteiger partial charge in [-0.1, -0.05) is 12.1 Å². The third kappa shape index (κ3) is 4.19. The van der Waals surface area contributed by atoms with Gasteiger partial charge in [-0.05, 0) is 36.4 Å². The van der Waals surface area contributed by atoms with Crippen molar-refractivity contribution in [3.8, 4) is 0 Å². The van der Waals surface area contributed by atoms with E-state index in [2.05, 4.69) is 5.32 Å². The first-order valence-corrected chi connectivity index (χ1v) is 11.5. The maximum atomic E-state index is 12.5. The molecule has 0 fully saturated rings. The van der Waals surface area contributed by atoms with Crippen LogP contribution in [0.5, 0.6) is 0 Å². The summed E-state index contributed by atoms with van der Waals surface area (Å²) < 4.78 is 51.2. The number of rotatable bonds is 6. The van der Waals surface area contributed by atoms with Gasteiger partial charge in [0.15, 0.2) is 0 Å². The molecule has 0 radical (unpaired) electrons. The molecule has 0 atom stereocenters. The van der Waals surface area contributed by atoms with E-state index in [1.165, 1.54) is 42.5 Å². The molecule has 0 saturated heterocycles. The first kappa shape index (κ1) is 21.5. The summed E-state index contributed by atoms with van der Waals surface area (Å²) in [6, 6.07) is 10.8. The third-order valence-electron chi connectivity index (χ3n) is 4.18. The van der Waals surface area contributed by atoms with Crippen molar-refractivity contribution in [2.45, 2.75) is 23.1 Å². The Hall–Kier alpha value is -3.25. The normalized spacial score (nSPS) is 14.8. The van der Waals surface area contributed by atoms with Crippen LogP contribution in [0.25, 0.3) is 0 Å². The molecule has 1 aliphatic heterocycles. The molecule has 30 heavy (non-hydrogen) atoms. The van der Waals surface area contributed by atoms with Crippen molar-refractivity contribution in [3.05, 3.63) is 54.1 Å². The van der Waals surface area contributed by atoms with E-state index in [0.717, 1.165) is 6.92 Å². The Balaban J connectivity index is 1.63. The van der Waals surface area contributed by atoms with E-state index in [1.807, 2.05) is 4.72 Å². The number of fused-ring (bicyclic) bond motifs is 1. The molecule has 0 aromatic heterocycles. The van der Waals surface area contributed by atoms with Crippen molar-refractivity contribution >= 4 is 43.5 Å². The lowest BCUT2D eigenvalue weighted by molar-refractivity contribution is -0.117. The largest absolute Gasteiger partial charge is 0.326 e. The molecule has 10 nitrogen and oxygen atoms in total. The van der Waals surface area contributed by atoms with Gasteiger partial charge >= 0.3 is 0 Å². The molecule has 0 unspecified atom stereocenters. The minimum Gasteiger partial charge on any atom is -0.326 e. The number of sulfonamides is 2. The van der Waals surface area contributed by atoms with E-state index in [0.29, 0.717) is 4.31 Å². The lowest BCUT2D eigenvalue weighted by Crippen LogP contribution is -2.33. The second-order valence-electron chi connectivity index (χ2n) is 6.36. The van der Waals surface area contributed by atoms with Crippen LogP contribution < -0.4 is 10.0 Å². The van der Waals surface area contributed by atoms with Crippen LogP contribution in [0.4, 0.5) is 5.69 Å². The molecule has 3 rings (SSSR count). The summed E-state index contributed by atoms with van der Waals surface area (Å²) in [4.78, 5) is 35.2. The number of amides is 3. The van der Waals surface area contributed by atoms with Crippen LogP contribution in [-0.2, 0) is 29.6 Å². The van der Waals surface area contributed by atoms with Crippen LogP contribution in [-0.4, -0.2) is 45.4 Å². The summed E-state index contributed by atoms with van der Waals surface area (Å²) >= 11 is 0. The number of hydrogen-bond acceptors (Lipinski definition) is 7. The Bertz CT molecular complexity index is 1240. The summed E-state index contributed by atoms with van der Waals surface area (Å²) in [6.07, 6.45) is -0.287. The van der Waals surface area contributed by atoms with Gasteiger partial charge in [-0.25, -0.2) is 25.9 Å². The third-order valence-corrected chi connectivity index (χ3v) is 7.47. The summed E-state index contributed by atoms with van der Waals surface area (Å²) in [7, 11) is -7.99. The zero-order chi connectivity index (χ0) is 22.1. The van der Waals surface area contributed by atoms with Crippen LogP contribution in [0.15, 0.2) is 58.3 Å². The molecule has 12 heteroatoms. The van der Waals surface area contributed by atoms with Gasteiger partial charge in [-0.3, -0.25) is 14.4 Å². The highest BCUT2D eigenvalue weighted by atomic mass is 32.2. The molecule has 158 valence electrons. The smallest absolute Gasteiger partial charge is 0.269 e. The van der Waals surface area contributed by atoms with E-state index >= 15 is 0 Å². The summed E-state index contributed by atoms with van der Waals surface area (Å²) in [5, 5.41) is 2.49. The summed E-state index contributed by atoms with van der Waals surface area (Å²) in [6.45, 7) is 0.729. The molecular formula is C18H17N3O7S2. The minimum atomic E-state index is -3.99. The lowest BCUT2D eigenvalue weighted by atomic mass is 10.2.